The molecule has 0 atom stereocenters. The van der Waals surface area contributed by atoms with Crippen LogP contribution in [-0.4, -0.2) is 28.5 Å². The number of carbonyl (C=O) groups is 2. The van der Waals surface area contributed by atoms with Crippen molar-refractivity contribution < 1.29 is 14.7 Å². The number of hydrogen-bond acceptors (Lipinski definition) is 2. The third kappa shape index (κ3) is 2.62. The molecule has 2 amide bonds. The number of allylic oxidation sites excluding steroid dienone is 1. The number of carboxylic acid groups (broad SMARTS) is 1. The highest BCUT2D eigenvalue weighted by Crippen LogP contribution is 2.06. The molecule has 0 bridgehead atoms. The first-order valence-electron chi connectivity index (χ1n) is 4.25. The highest BCUT2D eigenvalue weighted by Gasteiger charge is 2.15. The Hall–Kier alpha value is -1.78. The number of nitrogens with zero attached hydrogens (tertiary/aromatic N) is 2. The predicted molar refractivity (Wildman–Crippen MR) is 51.9 cm³/mol. The summed E-state index contributed by atoms with van der Waals surface area (Å²) in [7, 11) is 0. The van der Waals surface area contributed by atoms with Crippen LogP contribution in [0.4, 0.5) is 4.79 Å². The fourth-order valence-corrected chi connectivity index (χ4v) is 1.07. The lowest BCUT2D eigenvalue weighted by atomic mass is 10.1. The second-order valence-electron chi connectivity index (χ2n) is 2.76. The van der Waals surface area contributed by atoms with E-state index in [4.69, 9.17) is 5.11 Å². The molecular formula is C9H10N2O3. The van der Waals surface area contributed by atoms with Gasteiger partial charge in [0.05, 0.1) is 11.4 Å². The lowest BCUT2D eigenvalue weighted by Crippen LogP contribution is -2.08. The van der Waals surface area contributed by atoms with Gasteiger partial charge in [-0.3, -0.25) is 0 Å². The van der Waals surface area contributed by atoms with Gasteiger partial charge in [0.25, 0.3) is 0 Å². The number of urea groups is 1. The molecule has 0 aromatic rings. The molecule has 0 saturated heterocycles. The first-order chi connectivity index (χ1) is 6.63. The van der Waals surface area contributed by atoms with Crippen LogP contribution in [0.2, 0.25) is 0 Å². The lowest BCUT2D eigenvalue weighted by molar-refractivity contribution is -0.131. The molecule has 1 N–H and O–H groups in total. The highest BCUT2D eigenvalue weighted by molar-refractivity contribution is 6.51. The zero-order valence-corrected chi connectivity index (χ0v) is 7.73. The molecule has 14 heavy (non-hydrogen) atoms. The van der Waals surface area contributed by atoms with Crippen LogP contribution in [0, 0.1) is 0 Å². The Labute approximate surface area is 80.9 Å². The molecule has 74 valence electrons. The predicted octanol–water partition coefficient (Wildman–Crippen LogP) is 1.44. The Morgan fingerprint density at radius 1 is 1.50 bits per heavy atom. The summed E-state index contributed by atoms with van der Waals surface area (Å²) in [6.07, 6.45) is 3.71. The topological polar surface area (TPSA) is 79.1 Å². The van der Waals surface area contributed by atoms with Crippen molar-refractivity contribution in [2.45, 2.75) is 19.8 Å². The summed E-state index contributed by atoms with van der Waals surface area (Å²) in [6.45, 7) is 1.95. The van der Waals surface area contributed by atoms with Crippen LogP contribution in [0.5, 0.6) is 0 Å². The molecule has 0 aliphatic carbocycles. The third-order valence-electron chi connectivity index (χ3n) is 1.61. The monoisotopic (exact) mass is 194 g/mol. The van der Waals surface area contributed by atoms with Crippen LogP contribution in [-0.2, 0) is 4.79 Å². The van der Waals surface area contributed by atoms with Crippen molar-refractivity contribution in [3.8, 4) is 0 Å². The molecule has 5 nitrogen and oxygen atoms in total. The average Bonchev–Trinajstić information content (AvgIpc) is 2.44. The van der Waals surface area contributed by atoms with E-state index in [1.807, 2.05) is 6.92 Å². The van der Waals surface area contributed by atoms with Crippen molar-refractivity contribution in [1.82, 2.24) is 0 Å². The van der Waals surface area contributed by atoms with Crippen LogP contribution in [0.1, 0.15) is 19.8 Å². The zero-order valence-electron chi connectivity index (χ0n) is 7.73. The maximum absolute atomic E-state index is 10.8. The molecule has 1 aliphatic heterocycles. The minimum atomic E-state index is -1.07. The first kappa shape index (κ1) is 10.3. The summed E-state index contributed by atoms with van der Waals surface area (Å²) < 4.78 is 0. The normalized spacial score (nSPS) is 15.9. The molecule has 0 aromatic carbocycles. The fraction of sp³-hybridized carbons (Fsp3) is 0.333. The number of aliphatic imine (C=N–C) groups is 2. The number of carboxylic acids is 1. The Morgan fingerprint density at radius 3 is 2.79 bits per heavy atom. The van der Waals surface area contributed by atoms with Gasteiger partial charge in [-0.2, -0.15) is 9.98 Å². The van der Waals surface area contributed by atoms with Gasteiger partial charge < -0.3 is 5.11 Å². The van der Waals surface area contributed by atoms with Gasteiger partial charge in [-0.1, -0.05) is 13.3 Å². The van der Waals surface area contributed by atoms with Gasteiger partial charge in [-0.25, -0.2) is 9.59 Å². The Kier molecular flexibility index (Phi) is 3.28. The first-order valence-corrected chi connectivity index (χ1v) is 4.25. The molecule has 5 heteroatoms. The van der Waals surface area contributed by atoms with Gasteiger partial charge in [-0.05, 0) is 12.5 Å². The molecular weight excluding hydrogens is 184 g/mol. The molecule has 1 heterocycles. The van der Waals surface area contributed by atoms with Gasteiger partial charge in [0.1, 0.15) is 0 Å². The third-order valence-corrected chi connectivity index (χ3v) is 1.61. The Bertz CT molecular complexity index is 353. The molecule has 0 unspecified atom stereocenters. The molecule has 0 aromatic heterocycles. The van der Waals surface area contributed by atoms with E-state index in [9.17, 15) is 9.59 Å². The maximum Gasteiger partial charge on any atom is 0.367 e. The van der Waals surface area contributed by atoms with Crippen molar-refractivity contribution in [2.24, 2.45) is 9.98 Å². The molecule has 0 spiro atoms. The Balaban J connectivity index is 2.78. The van der Waals surface area contributed by atoms with Crippen LogP contribution in [0.3, 0.4) is 0 Å². The summed E-state index contributed by atoms with van der Waals surface area (Å²) in [5, 5.41) is 8.39. The minimum Gasteiger partial charge on any atom is -0.478 e. The fourth-order valence-electron chi connectivity index (χ4n) is 1.07. The van der Waals surface area contributed by atoms with E-state index in [-0.39, 0.29) is 0 Å². The molecule has 0 saturated carbocycles. The summed E-state index contributed by atoms with van der Waals surface area (Å²) in [5.41, 5.74) is 0.925. The summed E-state index contributed by atoms with van der Waals surface area (Å²) in [6, 6.07) is -0.557. The van der Waals surface area contributed by atoms with Gasteiger partial charge in [0.2, 0.25) is 0 Å². The summed E-state index contributed by atoms with van der Waals surface area (Å²) in [4.78, 5) is 28.3. The average molecular weight is 194 g/mol. The van der Waals surface area contributed by atoms with E-state index in [1.165, 1.54) is 6.08 Å². The van der Waals surface area contributed by atoms with Gasteiger partial charge in [0, 0.05) is 6.08 Å². The van der Waals surface area contributed by atoms with E-state index in [0.717, 1.165) is 12.5 Å². The Morgan fingerprint density at radius 2 is 2.21 bits per heavy atom. The van der Waals surface area contributed by atoms with Crippen LogP contribution < -0.4 is 0 Å². The second-order valence-corrected chi connectivity index (χ2v) is 2.76. The van der Waals surface area contributed by atoms with Crippen LogP contribution in [0.15, 0.2) is 22.1 Å². The molecule has 1 rings (SSSR count). The van der Waals surface area contributed by atoms with Crippen molar-refractivity contribution in [1.29, 1.82) is 0 Å². The van der Waals surface area contributed by atoms with Gasteiger partial charge >= 0.3 is 12.0 Å². The quantitative estimate of drug-likeness (QED) is 0.687. The number of carbonyl (C=O) groups excluding carboxylic acids is 1. The van der Waals surface area contributed by atoms with Crippen LogP contribution >= 0.6 is 0 Å². The van der Waals surface area contributed by atoms with E-state index in [0.29, 0.717) is 17.8 Å². The highest BCUT2D eigenvalue weighted by atomic mass is 16.4. The van der Waals surface area contributed by atoms with Gasteiger partial charge in [0.15, 0.2) is 0 Å². The summed E-state index contributed by atoms with van der Waals surface area (Å²) in [5.74, 6) is -1.07. The van der Waals surface area contributed by atoms with Crippen molar-refractivity contribution >= 4 is 23.4 Å². The van der Waals surface area contributed by atoms with Crippen molar-refractivity contribution in [3.63, 3.8) is 0 Å². The number of hydrogen-bond donors (Lipinski definition) is 1. The van der Waals surface area contributed by atoms with E-state index in [2.05, 4.69) is 9.98 Å². The van der Waals surface area contributed by atoms with Crippen molar-refractivity contribution in [2.75, 3.05) is 0 Å². The molecule has 0 fully saturated rings. The zero-order chi connectivity index (χ0) is 10.6. The summed E-state index contributed by atoms with van der Waals surface area (Å²) >= 11 is 0. The number of aliphatic carboxylic acids is 1. The lowest BCUT2D eigenvalue weighted by Gasteiger charge is -1.95. The second kappa shape index (κ2) is 4.45. The molecule has 0 radical (unpaired) electrons. The molecule has 1 aliphatic rings. The smallest absolute Gasteiger partial charge is 0.367 e. The van der Waals surface area contributed by atoms with Crippen LogP contribution in [0.25, 0.3) is 0 Å². The largest absolute Gasteiger partial charge is 0.478 e. The van der Waals surface area contributed by atoms with E-state index < -0.39 is 12.0 Å². The SMILES string of the molecule is CCCC1=NC(=O)N=C1C=CC(=O)O. The number of rotatable bonds is 4. The van der Waals surface area contributed by atoms with E-state index >= 15 is 0 Å². The van der Waals surface area contributed by atoms with Gasteiger partial charge in [-0.15, -0.1) is 0 Å². The minimum absolute atomic E-state index is 0.360. The van der Waals surface area contributed by atoms with Crippen molar-refractivity contribution in [3.05, 3.63) is 12.2 Å². The maximum atomic E-state index is 10.8. The standard InChI is InChI=1S/C9H10N2O3/c1-2-3-6-7(4-5-8(12)13)11-9(14)10-6/h4-5H,2-3H2,1H3,(H,12,13). The van der Waals surface area contributed by atoms with E-state index in [1.54, 1.807) is 0 Å². The number of amides is 2.